The van der Waals surface area contributed by atoms with Crippen LogP contribution in [-0.2, 0) is 19.1 Å². The van der Waals surface area contributed by atoms with Crippen LogP contribution < -0.4 is 0 Å². The fraction of sp³-hybridized carbons (Fsp3) is 0.158. The molecule has 0 radical (unpaired) electrons. The van der Waals surface area contributed by atoms with Gasteiger partial charge in [-0.15, -0.1) is 0 Å². The highest BCUT2D eigenvalue weighted by molar-refractivity contribution is 6.18. The summed E-state index contributed by atoms with van der Waals surface area (Å²) >= 11 is 0. The molecule has 2 aliphatic rings. The van der Waals surface area contributed by atoms with Crippen molar-refractivity contribution in [2.24, 2.45) is 5.92 Å². The Morgan fingerprint density at radius 2 is 2.04 bits per heavy atom. The zero-order chi connectivity index (χ0) is 16.4. The summed E-state index contributed by atoms with van der Waals surface area (Å²) in [5, 5.41) is 0. The predicted octanol–water partition coefficient (Wildman–Crippen LogP) is 3.18. The third-order valence-corrected chi connectivity index (χ3v) is 3.94. The molecular weight excluding hydrogens is 292 g/mol. The zero-order valence-corrected chi connectivity index (χ0v) is 12.7. The maximum absolute atomic E-state index is 12.4. The molecule has 0 spiro atoms. The number of carbonyl (C=O) groups excluding carboxylic acids is 2. The van der Waals surface area contributed by atoms with Crippen LogP contribution in [0.1, 0.15) is 12.5 Å². The van der Waals surface area contributed by atoms with Gasteiger partial charge >= 0.3 is 11.9 Å². The number of ether oxygens (including phenoxy) is 2. The molecule has 4 nitrogen and oxygen atoms in total. The molecule has 23 heavy (non-hydrogen) atoms. The molecule has 1 aromatic rings. The number of fused-ring (bicyclic) bond motifs is 1. The summed E-state index contributed by atoms with van der Waals surface area (Å²) in [5.41, 5.74) is 2.38. The quantitative estimate of drug-likeness (QED) is 0.635. The molecule has 0 bridgehead atoms. The normalized spacial score (nSPS) is 22.8. The molecule has 2 atom stereocenters. The lowest BCUT2D eigenvalue weighted by atomic mass is 9.83. The van der Waals surface area contributed by atoms with E-state index in [2.05, 4.69) is 6.58 Å². The van der Waals surface area contributed by atoms with Gasteiger partial charge in [0.15, 0.2) is 0 Å². The van der Waals surface area contributed by atoms with Crippen LogP contribution in [0.15, 0.2) is 72.5 Å². The second kappa shape index (κ2) is 6.08. The molecule has 1 aromatic carbocycles. The summed E-state index contributed by atoms with van der Waals surface area (Å²) in [6, 6.07) is 9.46. The van der Waals surface area contributed by atoms with Crippen molar-refractivity contribution >= 4 is 17.5 Å². The third-order valence-electron chi connectivity index (χ3n) is 3.94. The van der Waals surface area contributed by atoms with Crippen molar-refractivity contribution in [3.8, 4) is 0 Å². The lowest BCUT2D eigenvalue weighted by Crippen LogP contribution is -2.33. The molecule has 1 aliphatic heterocycles. The first-order chi connectivity index (χ1) is 11.1. The first kappa shape index (κ1) is 15.0. The Labute approximate surface area is 134 Å². The van der Waals surface area contributed by atoms with Crippen molar-refractivity contribution in [3.63, 3.8) is 0 Å². The van der Waals surface area contributed by atoms with Gasteiger partial charge in [0.25, 0.3) is 0 Å². The van der Waals surface area contributed by atoms with E-state index in [4.69, 9.17) is 9.47 Å². The number of hydrogen-bond acceptors (Lipinski definition) is 4. The van der Waals surface area contributed by atoms with Crippen LogP contribution in [0.4, 0.5) is 0 Å². The van der Waals surface area contributed by atoms with Gasteiger partial charge in [-0.3, -0.25) is 0 Å². The number of esters is 2. The summed E-state index contributed by atoms with van der Waals surface area (Å²) in [7, 11) is 0. The van der Waals surface area contributed by atoms with Crippen LogP contribution in [0, 0.1) is 5.92 Å². The highest BCUT2D eigenvalue weighted by atomic mass is 16.6. The van der Waals surface area contributed by atoms with Crippen LogP contribution >= 0.6 is 0 Å². The van der Waals surface area contributed by atoms with Crippen LogP contribution in [0.25, 0.3) is 5.57 Å². The van der Waals surface area contributed by atoms with E-state index < -0.39 is 12.1 Å². The minimum absolute atomic E-state index is 0.0610. The molecule has 2 unspecified atom stereocenters. The Balaban J connectivity index is 1.92. The maximum atomic E-state index is 12.4. The van der Waals surface area contributed by atoms with Gasteiger partial charge in [-0.05, 0) is 30.2 Å². The summed E-state index contributed by atoms with van der Waals surface area (Å²) in [4.78, 5) is 23.7. The molecule has 0 fully saturated rings. The van der Waals surface area contributed by atoms with E-state index in [0.717, 1.165) is 17.2 Å². The molecule has 1 aliphatic carbocycles. The molecule has 0 saturated carbocycles. The Hall–Kier alpha value is -2.88. The number of rotatable bonds is 3. The number of benzene rings is 1. The van der Waals surface area contributed by atoms with Crippen molar-refractivity contribution in [2.75, 3.05) is 0 Å². The van der Waals surface area contributed by atoms with Gasteiger partial charge in [0, 0.05) is 12.0 Å². The molecule has 4 heteroatoms. The van der Waals surface area contributed by atoms with E-state index in [-0.39, 0.29) is 11.9 Å². The largest absolute Gasteiger partial charge is 0.453 e. The smallest absolute Gasteiger partial charge is 0.339 e. The van der Waals surface area contributed by atoms with E-state index in [9.17, 15) is 9.59 Å². The van der Waals surface area contributed by atoms with Crippen molar-refractivity contribution in [2.45, 2.75) is 13.0 Å². The highest BCUT2D eigenvalue weighted by Gasteiger charge is 2.35. The van der Waals surface area contributed by atoms with E-state index in [1.54, 1.807) is 12.2 Å². The fourth-order valence-corrected chi connectivity index (χ4v) is 2.81. The van der Waals surface area contributed by atoms with E-state index in [1.165, 1.54) is 0 Å². The summed E-state index contributed by atoms with van der Waals surface area (Å²) in [6.45, 7) is 5.29. The predicted molar refractivity (Wildman–Crippen MR) is 85.9 cm³/mol. The average molecular weight is 308 g/mol. The number of carbonyl (C=O) groups is 2. The number of allylic oxidation sites excluding steroid dienone is 1. The molecule has 0 aromatic heterocycles. The fourth-order valence-electron chi connectivity index (χ4n) is 2.81. The topological polar surface area (TPSA) is 52.6 Å². The van der Waals surface area contributed by atoms with Gasteiger partial charge in [0.1, 0.15) is 11.9 Å². The third kappa shape index (κ3) is 2.88. The minimum atomic E-state index is -0.543. The second-order valence-corrected chi connectivity index (χ2v) is 5.37. The molecule has 0 saturated heterocycles. The Morgan fingerprint density at radius 1 is 1.30 bits per heavy atom. The Bertz CT molecular complexity index is 753. The maximum Gasteiger partial charge on any atom is 0.339 e. The average Bonchev–Trinajstić information content (AvgIpc) is 2.55. The standard InChI is InChI=1S/C19H16O4/c1-3-17(20)22-14-9-10-15-12(2)18(13-7-5-4-6-8-13)19(21)23-16(15)11-14/h3-11,15-16H,1H2,2H3. The molecular formula is C19H16O4. The minimum Gasteiger partial charge on any atom is -0.453 e. The number of hydrogen-bond donors (Lipinski definition) is 0. The molecule has 0 N–H and O–H groups in total. The van der Waals surface area contributed by atoms with Crippen LogP contribution in [0.3, 0.4) is 0 Å². The highest BCUT2D eigenvalue weighted by Crippen LogP contribution is 2.37. The van der Waals surface area contributed by atoms with E-state index in [1.807, 2.05) is 43.3 Å². The second-order valence-electron chi connectivity index (χ2n) is 5.37. The molecule has 0 amide bonds. The molecule has 1 heterocycles. The lowest BCUT2D eigenvalue weighted by molar-refractivity contribution is -0.142. The molecule has 3 rings (SSSR count). The summed E-state index contributed by atoms with van der Waals surface area (Å²) in [5.74, 6) is -0.608. The Morgan fingerprint density at radius 3 is 2.74 bits per heavy atom. The Kier molecular flexibility index (Phi) is 3.98. The van der Waals surface area contributed by atoms with Gasteiger partial charge in [-0.1, -0.05) is 43.0 Å². The first-order valence-corrected chi connectivity index (χ1v) is 7.31. The molecule has 116 valence electrons. The van der Waals surface area contributed by atoms with Crippen molar-refractivity contribution < 1.29 is 19.1 Å². The van der Waals surface area contributed by atoms with E-state index in [0.29, 0.717) is 11.3 Å². The van der Waals surface area contributed by atoms with Gasteiger partial charge in [0.2, 0.25) is 0 Å². The van der Waals surface area contributed by atoms with Crippen LogP contribution in [0.2, 0.25) is 0 Å². The first-order valence-electron chi connectivity index (χ1n) is 7.31. The van der Waals surface area contributed by atoms with Crippen LogP contribution in [0.5, 0.6) is 0 Å². The lowest BCUT2D eigenvalue weighted by Gasteiger charge is -2.32. The zero-order valence-electron chi connectivity index (χ0n) is 12.7. The van der Waals surface area contributed by atoms with Gasteiger partial charge in [0.05, 0.1) is 5.57 Å². The van der Waals surface area contributed by atoms with Crippen molar-refractivity contribution in [3.05, 3.63) is 78.1 Å². The van der Waals surface area contributed by atoms with Crippen molar-refractivity contribution in [1.82, 2.24) is 0 Å². The monoisotopic (exact) mass is 308 g/mol. The SMILES string of the molecule is C=CC(=O)OC1=CC2OC(=O)C(c3ccccc3)=C(C)C2C=C1. The van der Waals surface area contributed by atoms with Gasteiger partial charge in [-0.25, -0.2) is 9.59 Å². The van der Waals surface area contributed by atoms with Gasteiger partial charge < -0.3 is 9.47 Å². The van der Waals surface area contributed by atoms with Crippen molar-refractivity contribution in [1.29, 1.82) is 0 Å². The van der Waals surface area contributed by atoms with Gasteiger partial charge in [-0.2, -0.15) is 0 Å². The van der Waals surface area contributed by atoms with Crippen LogP contribution in [-0.4, -0.2) is 18.0 Å². The summed E-state index contributed by atoms with van der Waals surface area (Å²) in [6.07, 6.45) is 5.88. The summed E-state index contributed by atoms with van der Waals surface area (Å²) < 4.78 is 10.6. The van der Waals surface area contributed by atoms with E-state index >= 15 is 0 Å².